The number of nitro groups is 1. The number of carbonyl (C=O) groups excluding carboxylic acids is 1. The van der Waals surface area contributed by atoms with Gasteiger partial charge in [0.25, 0.3) is 5.91 Å². The first-order valence-corrected chi connectivity index (χ1v) is 5.03. The molecule has 0 aliphatic heterocycles. The van der Waals surface area contributed by atoms with E-state index in [1.807, 2.05) is 0 Å². The lowest BCUT2D eigenvalue weighted by atomic mass is 10.3. The molecule has 0 aromatic carbocycles. The van der Waals surface area contributed by atoms with Gasteiger partial charge in [-0.1, -0.05) is 0 Å². The van der Waals surface area contributed by atoms with E-state index in [-0.39, 0.29) is 28.7 Å². The molecule has 98 valence electrons. The highest BCUT2D eigenvalue weighted by atomic mass is 16.6. The molecule has 4 N–H and O–H groups in total. The topological polar surface area (TPSA) is 156 Å². The van der Waals surface area contributed by atoms with Gasteiger partial charge in [0.1, 0.15) is 5.69 Å². The van der Waals surface area contributed by atoms with E-state index in [2.05, 4.69) is 15.1 Å². The molecule has 2 heterocycles. The summed E-state index contributed by atoms with van der Waals surface area (Å²) in [4.78, 5) is 28.8. The molecular formula is C9H9N7O3. The van der Waals surface area contributed by atoms with Crippen molar-refractivity contribution in [1.29, 1.82) is 0 Å². The highest BCUT2D eigenvalue weighted by molar-refractivity contribution is 5.92. The molecule has 10 nitrogen and oxygen atoms in total. The number of nitrogens with two attached hydrogens (primary N) is 2. The summed E-state index contributed by atoms with van der Waals surface area (Å²) in [5, 5.41) is 14.8. The predicted molar refractivity (Wildman–Crippen MR) is 63.5 cm³/mol. The van der Waals surface area contributed by atoms with Crippen LogP contribution < -0.4 is 11.5 Å². The smallest absolute Gasteiger partial charge is 0.334 e. The average molecular weight is 263 g/mol. The highest BCUT2D eigenvalue weighted by Crippen LogP contribution is 2.24. The summed E-state index contributed by atoms with van der Waals surface area (Å²) >= 11 is 0. The van der Waals surface area contributed by atoms with Gasteiger partial charge in [-0.2, -0.15) is 10.1 Å². The van der Waals surface area contributed by atoms with Gasteiger partial charge in [0.05, 0.1) is 16.7 Å². The number of rotatable bonds is 3. The van der Waals surface area contributed by atoms with Crippen LogP contribution in [0.3, 0.4) is 0 Å². The number of amides is 1. The number of carbonyl (C=O) groups is 1. The lowest BCUT2D eigenvalue weighted by molar-refractivity contribution is -0.385. The van der Waals surface area contributed by atoms with Crippen LogP contribution in [0.25, 0.3) is 5.82 Å². The zero-order chi connectivity index (χ0) is 14.2. The molecule has 0 aliphatic rings. The van der Waals surface area contributed by atoms with Crippen LogP contribution in [-0.4, -0.2) is 30.6 Å². The first-order chi connectivity index (χ1) is 8.90. The Morgan fingerprint density at radius 2 is 2.16 bits per heavy atom. The van der Waals surface area contributed by atoms with Crippen molar-refractivity contribution in [3.63, 3.8) is 0 Å². The Balaban J connectivity index is 2.66. The van der Waals surface area contributed by atoms with E-state index in [0.717, 1.165) is 4.68 Å². The van der Waals surface area contributed by atoms with Gasteiger partial charge in [0.15, 0.2) is 0 Å². The van der Waals surface area contributed by atoms with Crippen LogP contribution in [0.1, 0.15) is 16.1 Å². The van der Waals surface area contributed by atoms with Crippen LogP contribution >= 0.6 is 0 Å². The molecule has 2 rings (SSSR count). The minimum absolute atomic E-state index is 0.101. The van der Waals surface area contributed by atoms with Crippen molar-refractivity contribution in [2.24, 2.45) is 5.73 Å². The molecule has 2 aromatic rings. The van der Waals surface area contributed by atoms with E-state index in [4.69, 9.17) is 11.5 Å². The summed E-state index contributed by atoms with van der Waals surface area (Å²) in [6.07, 6.45) is 2.41. The van der Waals surface area contributed by atoms with Crippen LogP contribution in [-0.2, 0) is 0 Å². The number of nitrogen functional groups attached to an aromatic ring is 1. The number of nitrogens with zero attached hydrogens (tertiary/aromatic N) is 5. The monoisotopic (exact) mass is 263 g/mol. The third-order valence-corrected chi connectivity index (χ3v) is 2.32. The van der Waals surface area contributed by atoms with Crippen LogP contribution in [0.5, 0.6) is 0 Å². The van der Waals surface area contributed by atoms with Gasteiger partial charge in [0.2, 0.25) is 11.8 Å². The molecule has 0 atom stereocenters. The van der Waals surface area contributed by atoms with Gasteiger partial charge >= 0.3 is 5.69 Å². The number of hydrogen-bond donors (Lipinski definition) is 2. The van der Waals surface area contributed by atoms with Crippen LogP contribution in [0.4, 0.5) is 11.6 Å². The van der Waals surface area contributed by atoms with Gasteiger partial charge in [-0.25, -0.2) is 9.67 Å². The van der Waals surface area contributed by atoms with Gasteiger partial charge < -0.3 is 11.5 Å². The molecule has 19 heavy (non-hydrogen) atoms. The summed E-state index contributed by atoms with van der Waals surface area (Å²) in [7, 11) is 0. The summed E-state index contributed by atoms with van der Waals surface area (Å²) < 4.78 is 1.06. The Hall–Kier alpha value is -3.04. The molecule has 0 bridgehead atoms. The fourth-order valence-corrected chi connectivity index (χ4v) is 1.51. The van der Waals surface area contributed by atoms with Gasteiger partial charge in [-0.15, -0.1) is 0 Å². The molecule has 0 unspecified atom stereocenters. The Morgan fingerprint density at radius 3 is 2.68 bits per heavy atom. The lowest BCUT2D eigenvalue weighted by Crippen LogP contribution is -2.11. The Kier molecular flexibility index (Phi) is 2.83. The second-order valence-electron chi connectivity index (χ2n) is 3.63. The van der Waals surface area contributed by atoms with E-state index < -0.39 is 10.8 Å². The molecule has 0 aliphatic carbocycles. The maximum atomic E-state index is 11.0. The van der Waals surface area contributed by atoms with Crippen molar-refractivity contribution in [3.05, 3.63) is 33.8 Å². The van der Waals surface area contributed by atoms with E-state index in [1.165, 1.54) is 19.3 Å². The summed E-state index contributed by atoms with van der Waals surface area (Å²) in [5.74, 6) is -0.954. The van der Waals surface area contributed by atoms with Crippen molar-refractivity contribution in [2.45, 2.75) is 6.92 Å². The van der Waals surface area contributed by atoms with E-state index in [0.29, 0.717) is 0 Å². The Bertz CT molecular complexity index is 678. The highest BCUT2D eigenvalue weighted by Gasteiger charge is 2.24. The lowest BCUT2D eigenvalue weighted by Gasteiger charge is -2.04. The van der Waals surface area contributed by atoms with Crippen molar-refractivity contribution in [1.82, 2.24) is 19.7 Å². The second kappa shape index (κ2) is 4.33. The molecule has 10 heteroatoms. The minimum atomic E-state index is -0.701. The largest absolute Gasteiger partial charge is 0.368 e. The van der Waals surface area contributed by atoms with Crippen molar-refractivity contribution in [2.75, 3.05) is 5.73 Å². The second-order valence-corrected chi connectivity index (χ2v) is 3.63. The maximum absolute atomic E-state index is 11.0. The minimum Gasteiger partial charge on any atom is -0.368 e. The SMILES string of the molecule is Cc1nc(N)nc(-n2cc(C(N)=O)cn2)c1[N+](=O)[O-]. The van der Waals surface area contributed by atoms with E-state index in [9.17, 15) is 14.9 Å². The quantitative estimate of drug-likeness (QED) is 0.561. The van der Waals surface area contributed by atoms with Crippen molar-refractivity contribution >= 4 is 17.5 Å². The first-order valence-electron chi connectivity index (χ1n) is 5.03. The number of anilines is 1. The van der Waals surface area contributed by atoms with Gasteiger partial charge in [0, 0.05) is 6.20 Å². The van der Waals surface area contributed by atoms with E-state index >= 15 is 0 Å². The van der Waals surface area contributed by atoms with Gasteiger partial charge in [-0.05, 0) is 6.92 Å². The van der Waals surface area contributed by atoms with Crippen LogP contribution in [0, 0.1) is 17.0 Å². The molecule has 1 amide bonds. The fraction of sp³-hybridized carbons (Fsp3) is 0.111. The number of primary amides is 1. The molecule has 2 aromatic heterocycles. The molecule has 0 radical (unpaired) electrons. The van der Waals surface area contributed by atoms with E-state index in [1.54, 1.807) is 0 Å². The molecular weight excluding hydrogens is 254 g/mol. The third-order valence-electron chi connectivity index (χ3n) is 2.32. The van der Waals surface area contributed by atoms with Gasteiger partial charge in [-0.3, -0.25) is 14.9 Å². The Morgan fingerprint density at radius 1 is 1.47 bits per heavy atom. The summed E-state index contributed by atoms with van der Waals surface area (Å²) in [5.41, 5.74) is 10.4. The van der Waals surface area contributed by atoms with Crippen LogP contribution in [0.2, 0.25) is 0 Å². The molecule has 0 fully saturated rings. The summed E-state index contributed by atoms with van der Waals surface area (Å²) in [6, 6.07) is 0. The van der Waals surface area contributed by atoms with Crippen LogP contribution in [0.15, 0.2) is 12.4 Å². The Labute approximate surface area is 106 Å². The molecule has 0 saturated heterocycles. The number of aromatic nitrogens is 4. The average Bonchev–Trinajstić information content (AvgIpc) is 2.76. The van der Waals surface area contributed by atoms with Crippen molar-refractivity contribution < 1.29 is 9.72 Å². The molecule has 0 saturated carbocycles. The third kappa shape index (κ3) is 2.18. The fourth-order valence-electron chi connectivity index (χ4n) is 1.51. The zero-order valence-corrected chi connectivity index (χ0v) is 9.77. The normalized spacial score (nSPS) is 10.4. The number of aryl methyl sites for hydroxylation is 1. The summed E-state index contributed by atoms with van der Waals surface area (Å²) in [6.45, 7) is 1.43. The van der Waals surface area contributed by atoms with Crippen molar-refractivity contribution in [3.8, 4) is 5.82 Å². The zero-order valence-electron chi connectivity index (χ0n) is 9.77. The predicted octanol–water partition coefficient (Wildman–Crippen LogP) is -0.440. The standard InChI is InChI=1S/C9H9N7O3/c1-4-6(16(18)19)8(14-9(11)13-4)15-3-5(2-12-15)7(10)17/h2-3H,1H3,(H2,10,17)(H2,11,13,14). The first kappa shape index (κ1) is 12.4. The maximum Gasteiger partial charge on any atom is 0.334 e. The molecule has 0 spiro atoms. The number of hydrogen-bond acceptors (Lipinski definition) is 7.